The number of fused-ring (bicyclic) bond motifs is 7. The van der Waals surface area contributed by atoms with E-state index in [1.807, 2.05) is 6.08 Å². The molecule has 0 spiro atoms. The van der Waals surface area contributed by atoms with Gasteiger partial charge in [0.15, 0.2) is 0 Å². The number of allylic oxidation sites excluding steroid dienone is 4. The lowest BCUT2D eigenvalue weighted by molar-refractivity contribution is 0.590. The van der Waals surface area contributed by atoms with Gasteiger partial charge in [0, 0.05) is 33.5 Å². The number of para-hydroxylation sites is 3. The summed E-state index contributed by atoms with van der Waals surface area (Å²) in [5, 5.41) is 2.52. The van der Waals surface area contributed by atoms with Gasteiger partial charge in [-0.15, -0.1) is 0 Å². The Bertz CT molecular complexity index is 3830. The molecule has 0 saturated heterocycles. The molecule has 0 aliphatic carbocycles. The molecule has 0 bridgehead atoms. The topological polar surface area (TPSA) is 11.4 Å². The van der Waals surface area contributed by atoms with Crippen LogP contribution in [-0.4, -0.2) is 11.3 Å². The van der Waals surface area contributed by atoms with E-state index in [0.29, 0.717) is 0 Å². The van der Waals surface area contributed by atoms with E-state index in [2.05, 4.69) is 264 Å². The number of aromatic nitrogens is 1. The van der Waals surface area contributed by atoms with Gasteiger partial charge in [0.1, 0.15) is 0 Å². The summed E-state index contributed by atoms with van der Waals surface area (Å²) in [5.74, 6) is 0. The zero-order valence-electron chi connectivity index (χ0n) is 46.2. The Morgan fingerprint density at radius 2 is 0.986 bits per heavy atom. The fraction of sp³-hybridized carbons (Fsp3) is 0.229. The van der Waals surface area contributed by atoms with Crippen molar-refractivity contribution in [2.75, 3.05) is 9.80 Å². The lowest BCUT2D eigenvalue weighted by Crippen LogP contribution is -2.61. The van der Waals surface area contributed by atoms with Crippen molar-refractivity contribution in [3.63, 3.8) is 0 Å². The highest BCUT2D eigenvalue weighted by molar-refractivity contribution is 7.00. The molecule has 74 heavy (non-hydrogen) atoms. The van der Waals surface area contributed by atoms with E-state index >= 15 is 0 Å². The highest BCUT2D eigenvalue weighted by atomic mass is 15.2. The average Bonchev–Trinajstić information content (AvgIpc) is 3.66. The minimum Gasteiger partial charge on any atom is -0.311 e. The molecule has 0 saturated carbocycles. The first-order valence-corrected chi connectivity index (χ1v) is 26.5. The van der Waals surface area contributed by atoms with E-state index in [0.717, 1.165) is 27.8 Å². The number of rotatable bonds is 7. The van der Waals surface area contributed by atoms with Crippen LogP contribution in [0.5, 0.6) is 0 Å². The molecule has 0 N–H and O–H groups in total. The minimum atomic E-state index is -0.166. The van der Waals surface area contributed by atoms with Crippen molar-refractivity contribution in [1.82, 2.24) is 4.57 Å². The second kappa shape index (κ2) is 17.6. The molecule has 0 fully saturated rings. The van der Waals surface area contributed by atoms with Crippen LogP contribution in [-0.2, 0) is 10.8 Å². The summed E-state index contributed by atoms with van der Waals surface area (Å²) in [5.41, 5.74) is 31.6. The third-order valence-electron chi connectivity index (χ3n) is 16.5. The first-order valence-electron chi connectivity index (χ1n) is 26.5. The Kier molecular flexibility index (Phi) is 11.6. The molecule has 0 unspecified atom stereocenters. The van der Waals surface area contributed by atoms with E-state index in [1.165, 1.54) is 128 Å². The quantitative estimate of drug-likeness (QED) is 0.116. The van der Waals surface area contributed by atoms with Crippen molar-refractivity contribution < 1.29 is 0 Å². The Hall–Kier alpha value is -7.56. The maximum absolute atomic E-state index is 4.65. The minimum absolute atomic E-state index is 0.0538. The number of hydrogen-bond donors (Lipinski definition) is 0. The third-order valence-corrected chi connectivity index (χ3v) is 16.5. The zero-order valence-corrected chi connectivity index (χ0v) is 46.2. The van der Waals surface area contributed by atoms with Crippen LogP contribution < -0.4 is 26.2 Å². The number of anilines is 6. The molecule has 2 aliphatic rings. The second-order valence-electron chi connectivity index (χ2n) is 23.6. The molecule has 0 amide bonds. The Balaban J connectivity index is 1.29. The molecular weight excluding hydrogens is 894 g/mol. The summed E-state index contributed by atoms with van der Waals surface area (Å²) in [6, 6.07) is 53.4. The van der Waals surface area contributed by atoms with Crippen LogP contribution in [0.15, 0.2) is 164 Å². The van der Waals surface area contributed by atoms with E-state index in [-0.39, 0.29) is 17.5 Å². The fourth-order valence-electron chi connectivity index (χ4n) is 12.6. The summed E-state index contributed by atoms with van der Waals surface area (Å²) in [6.45, 7) is 41.2. The summed E-state index contributed by atoms with van der Waals surface area (Å²) in [7, 11) is 0. The molecule has 9 aromatic rings. The predicted octanol–water partition coefficient (Wildman–Crippen LogP) is 17.3. The highest BCUT2D eigenvalue weighted by Crippen LogP contribution is 2.51. The van der Waals surface area contributed by atoms with E-state index < -0.39 is 0 Å². The molecule has 3 nitrogen and oxygen atoms in total. The third kappa shape index (κ3) is 7.54. The van der Waals surface area contributed by atoms with Gasteiger partial charge in [0.05, 0.1) is 28.1 Å². The van der Waals surface area contributed by atoms with Crippen LogP contribution in [0.4, 0.5) is 34.1 Å². The van der Waals surface area contributed by atoms with Crippen LogP contribution in [0.1, 0.15) is 110 Å². The number of aryl methyl sites for hydroxylation is 7. The van der Waals surface area contributed by atoms with Gasteiger partial charge in [-0.3, -0.25) is 0 Å². The van der Waals surface area contributed by atoms with Crippen LogP contribution in [0.3, 0.4) is 0 Å². The van der Waals surface area contributed by atoms with E-state index in [1.54, 1.807) is 0 Å². The van der Waals surface area contributed by atoms with Crippen LogP contribution in [0.2, 0.25) is 0 Å². The summed E-state index contributed by atoms with van der Waals surface area (Å²) < 4.78 is 2.54. The van der Waals surface area contributed by atoms with Crippen molar-refractivity contribution >= 4 is 90.2 Å². The van der Waals surface area contributed by atoms with E-state index in [4.69, 9.17) is 0 Å². The SMILES string of the molecule is C=C/C(=C(/C)C(=C)c1ccccc1C)c1cc(C)c(N2c3cc4c(cc3B3c5ccc(C(C)(C)C)cc5N(c5c(C)cccc5C)c5cc(C(C)(C)C)cc2c53)c2ccccc2n4-c2c(C)cccc2C)c(C)c1. The molecule has 0 radical (unpaired) electrons. The number of nitrogens with zero attached hydrogens (tertiary/aromatic N) is 3. The average molecular weight is 964 g/mol. The first-order chi connectivity index (χ1) is 35.2. The molecule has 1 aromatic heterocycles. The van der Waals surface area contributed by atoms with Gasteiger partial charge in [-0.1, -0.05) is 158 Å². The molecule has 368 valence electrons. The molecule has 8 aromatic carbocycles. The summed E-state index contributed by atoms with van der Waals surface area (Å²) >= 11 is 0. The fourth-order valence-corrected chi connectivity index (χ4v) is 12.6. The van der Waals surface area contributed by atoms with Crippen LogP contribution in [0, 0.1) is 48.5 Å². The number of benzene rings is 8. The van der Waals surface area contributed by atoms with Crippen LogP contribution in [0.25, 0.3) is 38.6 Å². The van der Waals surface area contributed by atoms with Gasteiger partial charge >= 0.3 is 0 Å². The largest absolute Gasteiger partial charge is 0.311 e. The normalized spacial score (nSPS) is 13.5. The highest BCUT2D eigenvalue weighted by Gasteiger charge is 2.46. The summed E-state index contributed by atoms with van der Waals surface area (Å²) in [4.78, 5) is 5.30. The smallest absolute Gasteiger partial charge is 0.252 e. The van der Waals surface area contributed by atoms with Crippen molar-refractivity contribution in [3.05, 3.63) is 226 Å². The molecule has 0 atom stereocenters. The van der Waals surface area contributed by atoms with Gasteiger partial charge in [-0.2, -0.15) is 0 Å². The van der Waals surface area contributed by atoms with Crippen molar-refractivity contribution in [2.45, 2.75) is 108 Å². The Labute approximate surface area is 441 Å². The zero-order chi connectivity index (χ0) is 52.4. The van der Waals surface area contributed by atoms with Crippen LogP contribution >= 0.6 is 0 Å². The standard InChI is InChI=1S/C70H70BN3/c1-17-53(48(9)49(10)54-29-19-18-24-41(54)2)50-34-46(7)68(47(8)35-50)74-62-40-60-56(55-30-20-21-31-59(55)72(60)66-42(3)25-22-26-43(66)4)39-58(62)71-57-33-32-51(69(11,12)13)36-61(57)73(67-44(5)27-23-28-45(67)6)63-37-52(70(14,15)16)38-64(74)65(63)71/h17-40H,1,10H2,2-9,11-16H3/b53-48+. The monoisotopic (exact) mass is 964 g/mol. The first kappa shape index (κ1) is 48.7. The predicted molar refractivity (Wildman–Crippen MR) is 324 cm³/mol. The Morgan fingerprint density at radius 3 is 1.57 bits per heavy atom. The molecule has 3 heterocycles. The van der Waals surface area contributed by atoms with Gasteiger partial charge in [0.25, 0.3) is 6.71 Å². The molecule has 4 heteroatoms. The number of hydrogen-bond acceptors (Lipinski definition) is 2. The molecular formula is C70H70BN3. The van der Waals surface area contributed by atoms with Gasteiger partial charge < -0.3 is 14.4 Å². The second-order valence-corrected chi connectivity index (χ2v) is 23.6. The molecule has 11 rings (SSSR count). The van der Waals surface area contributed by atoms with Crippen molar-refractivity contribution in [3.8, 4) is 5.69 Å². The van der Waals surface area contributed by atoms with Gasteiger partial charge in [0.2, 0.25) is 0 Å². The molecule has 2 aliphatic heterocycles. The summed E-state index contributed by atoms with van der Waals surface area (Å²) in [6.07, 6.45) is 2.02. The van der Waals surface area contributed by atoms with Gasteiger partial charge in [-0.05, 0) is 203 Å². The van der Waals surface area contributed by atoms with Crippen molar-refractivity contribution in [1.29, 1.82) is 0 Å². The maximum atomic E-state index is 4.65. The van der Waals surface area contributed by atoms with Crippen molar-refractivity contribution in [2.24, 2.45) is 0 Å². The Morgan fingerprint density at radius 1 is 0.473 bits per heavy atom. The lowest BCUT2D eigenvalue weighted by Gasteiger charge is -2.46. The van der Waals surface area contributed by atoms with E-state index in [9.17, 15) is 0 Å². The lowest BCUT2D eigenvalue weighted by atomic mass is 9.33. The maximum Gasteiger partial charge on any atom is 0.252 e. The van der Waals surface area contributed by atoms with Gasteiger partial charge in [-0.25, -0.2) is 0 Å².